The van der Waals surface area contributed by atoms with Crippen LogP contribution in [0.15, 0.2) is 42.5 Å². The molecule has 2 heterocycles. The zero-order valence-electron chi connectivity index (χ0n) is 13.9. The van der Waals surface area contributed by atoms with Crippen LogP contribution in [0.1, 0.15) is 16.2 Å². The van der Waals surface area contributed by atoms with E-state index in [2.05, 4.69) is 20.8 Å². The number of ether oxygens (including phenoxy) is 3. The number of anilines is 1. The van der Waals surface area contributed by atoms with Gasteiger partial charge in [-0.15, -0.1) is 5.10 Å². The van der Waals surface area contributed by atoms with E-state index in [-0.39, 0.29) is 19.3 Å². The fourth-order valence-electron chi connectivity index (χ4n) is 2.40. The zero-order valence-corrected chi connectivity index (χ0v) is 13.9. The first-order chi connectivity index (χ1) is 12.7. The van der Waals surface area contributed by atoms with Crippen molar-refractivity contribution < 1.29 is 19.0 Å². The highest BCUT2D eigenvalue weighted by molar-refractivity contribution is 6.04. The summed E-state index contributed by atoms with van der Waals surface area (Å²) in [6.07, 6.45) is 0. The lowest BCUT2D eigenvalue weighted by Gasteiger charge is -2.08. The van der Waals surface area contributed by atoms with Crippen molar-refractivity contribution in [2.75, 3.05) is 12.1 Å². The summed E-state index contributed by atoms with van der Waals surface area (Å²) in [6.45, 7) is 0.435. The molecule has 4 rings (SSSR count). The second kappa shape index (κ2) is 6.71. The van der Waals surface area contributed by atoms with Crippen LogP contribution in [-0.2, 0) is 13.7 Å². The van der Waals surface area contributed by atoms with Crippen LogP contribution >= 0.6 is 0 Å². The number of benzene rings is 2. The van der Waals surface area contributed by atoms with Gasteiger partial charge in [0.25, 0.3) is 5.91 Å². The lowest BCUT2D eigenvalue weighted by Crippen LogP contribution is -2.11. The smallest absolute Gasteiger partial charge is 0.255 e. The average Bonchev–Trinajstić information content (AvgIpc) is 3.28. The van der Waals surface area contributed by atoms with Crippen molar-refractivity contribution in [2.24, 2.45) is 7.05 Å². The van der Waals surface area contributed by atoms with Crippen LogP contribution in [0.5, 0.6) is 17.2 Å². The Hall–Kier alpha value is -3.62. The van der Waals surface area contributed by atoms with Gasteiger partial charge in [0.1, 0.15) is 12.4 Å². The van der Waals surface area contributed by atoms with Crippen molar-refractivity contribution in [1.82, 2.24) is 20.2 Å². The minimum Gasteiger partial charge on any atom is -0.486 e. The maximum absolute atomic E-state index is 12.4. The van der Waals surface area contributed by atoms with Gasteiger partial charge in [0.2, 0.25) is 6.79 Å². The van der Waals surface area contributed by atoms with E-state index in [4.69, 9.17) is 14.2 Å². The first-order valence-corrected chi connectivity index (χ1v) is 7.84. The first-order valence-electron chi connectivity index (χ1n) is 7.84. The van der Waals surface area contributed by atoms with Gasteiger partial charge in [-0.2, -0.15) is 0 Å². The number of carbonyl (C=O) groups excluding carboxylic acids is 1. The van der Waals surface area contributed by atoms with Crippen LogP contribution in [0.4, 0.5) is 5.69 Å². The number of nitrogens with zero attached hydrogens (tertiary/aromatic N) is 4. The van der Waals surface area contributed by atoms with Crippen molar-refractivity contribution in [1.29, 1.82) is 0 Å². The van der Waals surface area contributed by atoms with Crippen LogP contribution in [-0.4, -0.2) is 32.9 Å². The van der Waals surface area contributed by atoms with E-state index in [0.717, 1.165) is 0 Å². The third-order valence-corrected chi connectivity index (χ3v) is 3.82. The Morgan fingerprint density at radius 2 is 2.00 bits per heavy atom. The summed E-state index contributed by atoms with van der Waals surface area (Å²) in [5.74, 6) is 2.28. The molecule has 1 amide bonds. The maximum Gasteiger partial charge on any atom is 0.255 e. The van der Waals surface area contributed by atoms with Gasteiger partial charge in [-0.3, -0.25) is 4.79 Å². The van der Waals surface area contributed by atoms with E-state index >= 15 is 0 Å². The lowest BCUT2D eigenvalue weighted by molar-refractivity contribution is 0.102. The van der Waals surface area contributed by atoms with Crippen LogP contribution in [0.2, 0.25) is 0 Å². The summed E-state index contributed by atoms with van der Waals surface area (Å²) in [4.78, 5) is 12.4. The molecular weight excluding hydrogens is 338 g/mol. The van der Waals surface area contributed by atoms with E-state index in [9.17, 15) is 4.79 Å². The number of nitrogens with one attached hydrogen (secondary N) is 1. The number of carbonyl (C=O) groups is 1. The highest BCUT2D eigenvalue weighted by atomic mass is 16.7. The molecule has 1 N–H and O–H groups in total. The molecule has 0 unspecified atom stereocenters. The molecule has 0 aliphatic carbocycles. The molecule has 2 aromatic carbocycles. The number of aromatic nitrogens is 4. The Bertz CT molecular complexity index is 939. The molecule has 26 heavy (non-hydrogen) atoms. The Balaban J connectivity index is 1.38. The third-order valence-electron chi connectivity index (χ3n) is 3.82. The number of tetrazole rings is 1. The quantitative estimate of drug-likeness (QED) is 0.746. The van der Waals surface area contributed by atoms with Gasteiger partial charge in [0, 0.05) is 24.4 Å². The molecule has 0 fully saturated rings. The Morgan fingerprint density at radius 3 is 2.77 bits per heavy atom. The summed E-state index contributed by atoms with van der Waals surface area (Å²) < 4.78 is 17.7. The van der Waals surface area contributed by atoms with E-state index in [0.29, 0.717) is 34.3 Å². The van der Waals surface area contributed by atoms with Gasteiger partial charge < -0.3 is 19.5 Å². The molecule has 0 spiro atoms. The highest BCUT2D eigenvalue weighted by Crippen LogP contribution is 2.34. The van der Waals surface area contributed by atoms with Gasteiger partial charge in [-0.25, -0.2) is 4.68 Å². The molecule has 0 saturated carbocycles. The molecule has 1 aliphatic rings. The van der Waals surface area contributed by atoms with E-state index in [1.807, 2.05) is 0 Å². The minimum absolute atomic E-state index is 0.193. The zero-order chi connectivity index (χ0) is 17.9. The number of amides is 1. The molecule has 0 atom stereocenters. The van der Waals surface area contributed by atoms with E-state index in [1.165, 1.54) is 4.68 Å². The SMILES string of the molecule is Cn1nnnc1COc1ccc(C(=O)Nc2ccc3c(c2)OCO3)cc1. The molecule has 132 valence electrons. The van der Waals surface area contributed by atoms with E-state index < -0.39 is 0 Å². The summed E-state index contributed by atoms with van der Waals surface area (Å²) >= 11 is 0. The second-order valence-corrected chi connectivity index (χ2v) is 5.55. The van der Waals surface area contributed by atoms with Crippen LogP contribution < -0.4 is 19.5 Å². The summed E-state index contributed by atoms with van der Waals surface area (Å²) in [7, 11) is 1.74. The van der Waals surface area contributed by atoms with Gasteiger partial charge in [-0.1, -0.05) is 0 Å². The molecule has 0 bridgehead atoms. The number of rotatable bonds is 5. The number of hydrogen-bond acceptors (Lipinski definition) is 7. The van der Waals surface area contributed by atoms with Crippen molar-refractivity contribution >= 4 is 11.6 Å². The Kier molecular flexibility index (Phi) is 4.10. The lowest BCUT2D eigenvalue weighted by atomic mass is 10.2. The molecule has 9 nitrogen and oxygen atoms in total. The topological polar surface area (TPSA) is 100 Å². The van der Waals surface area contributed by atoms with Crippen LogP contribution in [0, 0.1) is 0 Å². The number of fused-ring (bicyclic) bond motifs is 1. The largest absolute Gasteiger partial charge is 0.486 e. The highest BCUT2D eigenvalue weighted by Gasteiger charge is 2.14. The Morgan fingerprint density at radius 1 is 1.19 bits per heavy atom. The summed E-state index contributed by atoms with van der Waals surface area (Å²) in [5.41, 5.74) is 1.14. The normalized spacial score (nSPS) is 12.0. The predicted molar refractivity (Wildman–Crippen MR) is 90.1 cm³/mol. The van der Waals surface area contributed by atoms with Gasteiger partial charge in [-0.05, 0) is 46.8 Å². The molecule has 0 radical (unpaired) electrons. The molecule has 1 aliphatic heterocycles. The molecule has 3 aromatic rings. The van der Waals surface area contributed by atoms with Crippen LogP contribution in [0.3, 0.4) is 0 Å². The fourth-order valence-corrected chi connectivity index (χ4v) is 2.40. The molecule has 9 heteroatoms. The third kappa shape index (κ3) is 3.27. The summed E-state index contributed by atoms with van der Waals surface area (Å²) in [5, 5.41) is 13.9. The van der Waals surface area contributed by atoms with E-state index in [1.54, 1.807) is 49.5 Å². The van der Waals surface area contributed by atoms with Crippen molar-refractivity contribution in [3.05, 3.63) is 53.9 Å². The monoisotopic (exact) mass is 353 g/mol. The minimum atomic E-state index is -0.229. The number of hydrogen-bond donors (Lipinski definition) is 1. The second-order valence-electron chi connectivity index (χ2n) is 5.55. The van der Waals surface area contributed by atoms with Crippen molar-refractivity contribution in [3.8, 4) is 17.2 Å². The van der Waals surface area contributed by atoms with Crippen LogP contribution in [0.25, 0.3) is 0 Å². The molecule has 1 aromatic heterocycles. The molecule has 0 saturated heterocycles. The first kappa shape index (κ1) is 15.9. The number of aryl methyl sites for hydroxylation is 1. The van der Waals surface area contributed by atoms with Crippen molar-refractivity contribution in [3.63, 3.8) is 0 Å². The standard InChI is InChI=1S/C17H15N5O4/c1-22-16(19-20-21-22)9-24-13-5-2-11(3-6-13)17(23)18-12-4-7-14-15(8-12)26-10-25-14/h2-8H,9-10H2,1H3,(H,18,23). The van der Waals surface area contributed by atoms with Gasteiger partial charge in [0.15, 0.2) is 17.3 Å². The maximum atomic E-state index is 12.4. The average molecular weight is 353 g/mol. The van der Waals surface area contributed by atoms with Gasteiger partial charge in [0.05, 0.1) is 0 Å². The summed E-state index contributed by atoms with van der Waals surface area (Å²) in [6, 6.07) is 12.1. The Labute approximate surface area is 148 Å². The molecular formula is C17H15N5O4. The van der Waals surface area contributed by atoms with Crippen molar-refractivity contribution in [2.45, 2.75) is 6.61 Å². The fraction of sp³-hybridized carbons (Fsp3) is 0.176. The predicted octanol–water partition coefficient (Wildman–Crippen LogP) is 1.77. The van der Waals surface area contributed by atoms with Gasteiger partial charge >= 0.3 is 0 Å².